The van der Waals surface area contributed by atoms with E-state index < -0.39 is 6.10 Å². The zero-order valence-corrected chi connectivity index (χ0v) is 11.7. The van der Waals surface area contributed by atoms with E-state index in [1.54, 1.807) is 7.11 Å². The number of nitrogens with one attached hydrogen (secondary N) is 1. The van der Waals surface area contributed by atoms with Gasteiger partial charge in [-0.15, -0.1) is 0 Å². The molecule has 0 aliphatic heterocycles. The normalized spacial score (nSPS) is 12.5. The lowest BCUT2D eigenvalue weighted by Crippen LogP contribution is -2.22. The van der Waals surface area contributed by atoms with E-state index in [0.717, 1.165) is 16.8 Å². The highest BCUT2D eigenvalue weighted by molar-refractivity contribution is 9.10. The Kier molecular flexibility index (Phi) is 6.50. The van der Waals surface area contributed by atoms with Crippen molar-refractivity contribution in [2.24, 2.45) is 0 Å². The Morgan fingerprint density at radius 1 is 1.41 bits per heavy atom. The van der Waals surface area contributed by atoms with Crippen LogP contribution in [0.15, 0.2) is 22.7 Å². The Morgan fingerprint density at radius 2 is 2.18 bits per heavy atom. The molecule has 17 heavy (non-hydrogen) atoms. The Balaban J connectivity index is 2.54. The zero-order chi connectivity index (χ0) is 12.7. The molecule has 2 N–H and O–H groups in total. The van der Waals surface area contributed by atoms with Gasteiger partial charge in [0.1, 0.15) is 18.5 Å². The van der Waals surface area contributed by atoms with Crippen molar-refractivity contribution < 1.29 is 14.6 Å². The van der Waals surface area contributed by atoms with Crippen LogP contribution >= 0.6 is 15.9 Å². The maximum Gasteiger partial charge on any atom is 0.133 e. The molecule has 1 atom stereocenters. The standard InChI is InChI=1S/C12H18BrNO3/c1-14-6-9-3-4-12(11(13)5-9)17-8-10(15)7-16-2/h3-5,10,14-15H,6-8H2,1-2H3. The first-order valence-corrected chi connectivity index (χ1v) is 6.19. The van der Waals surface area contributed by atoms with Gasteiger partial charge >= 0.3 is 0 Å². The number of methoxy groups -OCH3 is 1. The van der Waals surface area contributed by atoms with Gasteiger partial charge in [0.2, 0.25) is 0 Å². The van der Waals surface area contributed by atoms with E-state index >= 15 is 0 Å². The topological polar surface area (TPSA) is 50.7 Å². The van der Waals surface area contributed by atoms with Gasteiger partial charge in [0.15, 0.2) is 0 Å². The van der Waals surface area contributed by atoms with Crippen LogP contribution in [0.5, 0.6) is 5.75 Å². The average Bonchev–Trinajstić information content (AvgIpc) is 2.29. The first-order chi connectivity index (χ1) is 8.17. The van der Waals surface area contributed by atoms with Gasteiger partial charge in [0, 0.05) is 13.7 Å². The molecule has 0 aromatic heterocycles. The van der Waals surface area contributed by atoms with Crippen LogP contribution < -0.4 is 10.1 Å². The largest absolute Gasteiger partial charge is 0.490 e. The van der Waals surface area contributed by atoms with Crippen LogP contribution in [0.1, 0.15) is 5.56 Å². The fraction of sp³-hybridized carbons (Fsp3) is 0.500. The molecule has 0 heterocycles. The second-order valence-electron chi connectivity index (χ2n) is 3.72. The first kappa shape index (κ1) is 14.4. The molecule has 0 aliphatic carbocycles. The second-order valence-corrected chi connectivity index (χ2v) is 4.57. The smallest absolute Gasteiger partial charge is 0.133 e. The van der Waals surface area contributed by atoms with Crippen molar-refractivity contribution in [3.8, 4) is 5.75 Å². The van der Waals surface area contributed by atoms with Crippen LogP contribution in [-0.4, -0.2) is 38.6 Å². The summed E-state index contributed by atoms with van der Waals surface area (Å²) in [5.74, 6) is 0.722. The van der Waals surface area contributed by atoms with Crippen LogP contribution in [0.25, 0.3) is 0 Å². The quantitative estimate of drug-likeness (QED) is 0.802. The Bertz CT molecular complexity index is 347. The molecule has 96 valence electrons. The van der Waals surface area contributed by atoms with Crippen molar-refractivity contribution in [3.05, 3.63) is 28.2 Å². The number of halogens is 1. The summed E-state index contributed by atoms with van der Waals surface area (Å²) in [7, 11) is 3.45. The molecule has 0 saturated carbocycles. The van der Waals surface area contributed by atoms with Crippen molar-refractivity contribution >= 4 is 15.9 Å². The van der Waals surface area contributed by atoms with Gasteiger partial charge in [0.25, 0.3) is 0 Å². The van der Waals surface area contributed by atoms with E-state index in [2.05, 4.69) is 21.2 Å². The number of rotatable bonds is 7. The Hall–Kier alpha value is -0.620. The van der Waals surface area contributed by atoms with E-state index in [1.165, 1.54) is 5.56 Å². The molecule has 0 spiro atoms. The lowest BCUT2D eigenvalue weighted by atomic mass is 10.2. The van der Waals surface area contributed by atoms with Crippen LogP contribution in [0, 0.1) is 0 Å². The van der Waals surface area contributed by atoms with E-state index in [-0.39, 0.29) is 13.2 Å². The molecule has 0 fully saturated rings. The fourth-order valence-electron chi connectivity index (χ4n) is 1.40. The number of ether oxygens (including phenoxy) is 2. The number of aliphatic hydroxyl groups is 1. The molecule has 0 aliphatic rings. The highest BCUT2D eigenvalue weighted by atomic mass is 79.9. The lowest BCUT2D eigenvalue weighted by Gasteiger charge is -2.13. The Labute approximate surface area is 110 Å². The number of hydrogen-bond donors (Lipinski definition) is 2. The summed E-state index contributed by atoms with van der Waals surface area (Å²) in [5.41, 5.74) is 1.17. The summed E-state index contributed by atoms with van der Waals surface area (Å²) in [6.07, 6.45) is -0.608. The van der Waals surface area contributed by atoms with Gasteiger partial charge in [-0.05, 0) is 40.7 Å². The van der Waals surface area contributed by atoms with Gasteiger partial charge in [0.05, 0.1) is 11.1 Å². The van der Waals surface area contributed by atoms with Crippen LogP contribution in [-0.2, 0) is 11.3 Å². The molecular formula is C12H18BrNO3. The average molecular weight is 304 g/mol. The minimum absolute atomic E-state index is 0.220. The molecular weight excluding hydrogens is 286 g/mol. The third-order valence-electron chi connectivity index (χ3n) is 2.17. The zero-order valence-electron chi connectivity index (χ0n) is 10.1. The molecule has 0 amide bonds. The maximum atomic E-state index is 9.46. The van der Waals surface area contributed by atoms with Crippen LogP contribution in [0.4, 0.5) is 0 Å². The molecule has 1 unspecified atom stereocenters. The fourth-order valence-corrected chi connectivity index (χ4v) is 1.94. The first-order valence-electron chi connectivity index (χ1n) is 5.40. The maximum absolute atomic E-state index is 9.46. The summed E-state index contributed by atoms with van der Waals surface area (Å²) in [6.45, 7) is 1.30. The predicted octanol–water partition coefficient (Wildman–Crippen LogP) is 1.55. The van der Waals surface area contributed by atoms with Crippen molar-refractivity contribution in [1.29, 1.82) is 0 Å². The summed E-state index contributed by atoms with van der Waals surface area (Å²) < 4.78 is 11.2. The lowest BCUT2D eigenvalue weighted by molar-refractivity contribution is 0.0323. The molecule has 0 bridgehead atoms. The monoisotopic (exact) mass is 303 g/mol. The van der Waals surface area contributed by atoms with Crippen LogP contribution in [0.2, 0.25) is 0 Å². The van der Waals surface area contributed by atoms with E-state index in [4.69, 9.17) is 9.47 Å². The highest BCUT2D eigenvalue weighted by Crippen LogP contribution is 2.26. The van der Waals surface area contributed by atoms with Gasteiger partial charge < -0.3 is 19.9 Å². The van der Waals surface area contributed by atoms with Crippen molar-refractivity contribution in [2.45, 2.75) is 12.6 Å². The summed E-state index contributed by atoms with van der Waals surface area (Å²) in [6, 6.07) is 5.87. The van der Waals surface area contributed by atoms with Gasteiger partial charge in [-0.1, -0.05) is 6.07 Å². The van der Waals surface area contributed by atoms with Gasteiger partial charge in [-0.2, -0.15) is 0 Å². The van der Waals surface area contributed by atoms with Crippen LogP contribution in [0.3, 0.4) is 0 Å². The molecule has 0 radical (unpaired) electrons. The molecule has 1 aromatic carbocycles. The van der Waals surface area contributed by atoms with E-state index in [1.807, 2.05) is 25.2 Å². The molecule has 1 rings (SSSR count). The minimum Gasteiger partial charge on any atom is -0.490 e. The number of benzene rings is 1. The highest BCUT2D eigenvalue weighted by Gasteiger charge is 2.07. The second kappa shape index (κ2) is 7.66. The molecule has 4 nitrogen and oxygen atoms in total. The Morgan fingerprint density at radius 3 is 2.76 bits per heavy atom. The van der Waals surface area contributed by atoms with Crippen molar-refractivity contribution in [2.75, 3.05) is 27.4 Å². The van der Waals surface area contributed by atoms with Gasteiger partial charge in [-0.25, -0.2) is 0 Å². The molecule has 5 heteroatoms. The number of aliphatic hydroxyl groups excluding tert-OH is 1. The third-order valence-corrected chi connectivity index (χ3v) is 2.79. The molecule has 0 saturated heterocycles. The van der Waals surface area contributed by atoms with E-state index in [9.17, 15) is 5.11 Å². The van der Waals surface area contributed by atoms with Crippen molar-refractivity contribution in [1.82, 2.24) is 5.32 Å². The summed E-state index contributed by atoms with van der Waals surface area (Å²) in [4.78, 5) is 0. The predicted molar refractivity (Wildman–Crippen MR) is 70.3 cm³/mol. The van der Waals surface area contributed by atoms with Gasteiger partial charge in [-0.3, -0.25) is 0 Å². The van der Waals surface area contributed by atoms with E-state index in [0.29, 0.717) is 0 Å². The summed E-state index contributed by atoms with van der Waals surface area (Å²) >= 11 is 3.44. The third kappa shape index (κ3) is 5.04. The number of hydrogen-bond acceptors (Lipinski definition) is 4. The minimum atomic E-state index is -0.608. The van der Waals surface area contributed by atoms with Crippen molar-refractivity contribution in [3.63, 3.8) is 0 Å². The molecule has 1 aromatic rings. The summed E-state index contributed by atoms with van der Waals surface area (Å²) in [5, 5.41) is 12.5. The SMILES string of the molecule is CNCc1ccc(OCC(O)COC)c(Br)c1.